The van der Waals surface area contributed by atoms with Crippen molar-refractivity contribution < 1.29 is 18.7 Å². The van der Waals surface area contributed by atoms with Gasteiger partial charge in [0, 0.05) is 17.3 Å². The minimum absolute atomic E-state index is 0.191. The first-order chi connectivity index (χ1) is 13.9. The lowest BCUT2D eigenvalue weighted by molar-refractivity contribution is -0.116. The van der Waals surface area contributed by atoms with Gasteiger partial charge in [0.15, 0.2) is 0 Å². The summed E-state index contributed by atoms with van der Waals surface area (Å²) in [6, 6.07) is 13.2. The van der Waals surface area contributed by atoms with E-state index in [0.717, 1.165) is 0 Å². The van der Waals surface area contributed by atoms with E-state index in [4.69, 9.17) is 4.74 Å². The summed E-state index contributed by atoms with van der Waals surface area (Å²) in [4.78, 5) is 41.3. The van der Waals surface area contributed by atoms with Gasteiger partial charge in [-0.05, 0) is 43.3 Å². The van der Waals surface area contributed by atoms with Gasteiger partial charge < -0.3 is 10.1 Å². The van der Waals surface area contributed by atoms with Gasteiger partial charge >= 0.3 is 5.97 Å². The summed E-state index contributed by atoms with van der Waals surface area (Å²) in [6.07, 6.45) is 0. The molecular formula is C21H18FN3O4. The van der Waals surface area contributed by atoms with Crippen molar-refractivity contribution in [2.45, 2.75) is 13.5 Å². The maximum Gasteiger partial charge on any atom is 0.339 e. The third kappa shape index (κ3) is 4.55. The molecule has 1 aromatic heterocycles. The number of benzene rings is 2. The molecule has 3 rings (SSSR count). The molecule has 0 aliphatic rings. The van der Waals surface area contributed by atoms with Crippen LogP contribution in [0.1, 0.15) is 16.1 Å². The number of carbonyl (C=O) groups excluding carboxylic acids is 2. The van der Waals surface area contributed by atoms with E-state index in [2.05, 4.69) is 10.3 Å². The van der Waals surface area contributed by atoms with E-state index < -0.39 is 23.3 Å². The molecule has 7 nitrogen and oxygen atoms in total. The zero-order valence-corrected chi connectivity index (χ0v) is 15.8. The van der Waals surface area contributed by atoms with Crippen molar-refractivity contribution in [3.05, 3.63) is 82.0 Å². The molecule has 0 saturated heterocycles. The second-order valence-electron chi connectivity index (χ2n) is 6.24. The molecule has 0 aliphatic carbocycles. The third-order valence-electron chi connectivity index (χ3n) is 4.15. The largest absolute Gasteiger partial charge is 0.465 e. The smallest absolute Gasteiger partial charge is 0.339 e. The monoisotopic (exact) mass is 395 g/mol. The number of hydrogen-bond donors (Lipinski definition) is 1. The highest BCUT2D eigenvalue weighted by molar-refractivity contribution is 6.01. The minimum Gasteiger partial charge on any atom is -0.465 e. The average molecular weight is 395 g/mol. The van der Waals surface area contributed by atoms with Crippen LogP contribution in [0.15, 0.2) is 59.4 Å². The van der Waals surface area contributed by atoms with Crippen LogP contribution in [0.4, 0.5) is 10.1 Å². The second-order valence-corrected chi connectivity index (χ2v) is 6.24. The van der Waals surface area contributed by atoms with Gasteiger partial charge in [0.25, 0.3) is 5.56 Å². The molecule has 0 spiro atoms. The highest BCUT2D eigenvalue weighted by Gasteiger charge is 2.16. The first-order valence-electron chi connectivity index (χ1n) is 8.70. The number of amides is 1. The Morgan fingerprint density at radius 3 is 2.52 bits per heavy atom. The Labute approximate surface area is 165 Å². The van der Waals surface area contributed by atoms with Crippen LogP contribution < -0.4 is 10.9 Å². The lowest BCUT2D eigenvalue weighted by atomic mass is 10.1. The van der Waals surface area contributed by atoms with Crippen molar-refractivity contribution in [3.63, 3.8) is 0 Å². The van der Waals surface area contributed by atoms with E-state index in [1.54, 1.807) is 25.1 Å². The van der Waals surface area contributed by atoms with Crippen LogP contribution >= 0.6 is 0 Å². The standard InChI is InChI=1S/C21H18FN3O4/c1-13-11-19(27)25(20(23-13)14-7-9-15(22)10-8-14)12-18(26)24-17-6-4-3-5-16(17)21(28)29-2/h3-11H,12H2,1-2H3,(H,24,26). The number of anilines is 1. The van der Waals surface area contributed by atoms with Crippen molar-refractivity contribution in [3.8, 4) is 11.4 Å². The zero-order valence-electron chi connectivity index (χ0n) is 15.8. The molecule has 0 unspecified atom stereocenters. The Balaban J connectivity index is 1.93. The van der Waals surface area contributed by atoms with E-state index in [0.29, 0.717) is 11.3 Å². The Kier molecular flexibility index (Phi) is 5.82. The Morgan fingerprint density at radius 2 is 1.83 bits per heavy atom. The molecule has 3 aromatic rings. The summed E-state index contributed by atoms with van der Waals surface area (Å²) in [6.45, 7) is 1.32. The molecule has 0 aliphatic heterocycles. The molecule has 29 heavy (non-hydrogen) atoms. The predicted molar refractivity (Wildman–Crippen MR) is 105 cm³/mol. The number of rotatable bonds is 5. The number of aromatic nitrogens is 2. The highest BCUT2D eigenvalue weighted by Crippen LogP contribution is 2.18. The summed E-state index contributed by atoms with van der Waals surface area (Å²) in [5.41, 5.74) is 1.00. The first-order valence-corrected chi connectivity index (χ1v) is 8.70. The Morgan fingerprint density at radius 1 is 1.14 bits per heavy atom. The van der Waals surface area contributed by atoms with Crippen LogP contribution in [0.25, 0.3) is 11.4 Å². The second kappa shape index (κ2) is 8.47. The lowest BCUT2D eigenvalue weighted by Gasteiger charge is -2.14. The number of carbonyl (C=O) groups is 2. The lowest BCUT2D eigenvalue weighted by Crippen LogP contribution is -2.30. The van der Waals surface area contributed by atoms with Gasteiger partial charge in [-0.25, -0.2) is 14.2 Å². The number of hydrogen-bond acceptors (Lipinski definition) is 5. The fourth-order valence-electron chi connectivity index (χ4n) is 2.81. The van der Waals surface area contributed by atoms with E-state index >= 15 is 0 Å². The molecule has 0 saturated carbocycles. The van der Waals surface area contributed by atoms with Crippen molar-refractivity contribution >= 4 is 17.6 Å². The highest BCUT2D eigenvalue weighted by atomic mass is 19.1. The van der Waals surface area contributed by atoms with Crippen molar-refractivity contribution in [1.29, 1.82) is 0 Å². The minimum atomic E-state index is -0.595. The average Bonchev–Trinajstić information content (AvgIpc) is 2.70. The Hall–Kier alpha value is -3.81. The number of methoxy groups -OCH3 is 1. The van der Waals surface area contributed by atoms with Crippen LogP contribution in [-0.4, -0.2) is 28.5 Å². The number of aryl methyl sites for hydroxylation is 1. The Bertz CT molecular complexity index is 1120. The normalized spacial score (nSPS) is 10.4. The summed E-state index contributed by atoms with van der Waals surface area (Å²) in [7, 11) is 1.24. The molecule has 0 fully saturated rings. The van der Waals surface area contributed by atoms with Gasteiger partial charge in [-0.1, -0.05) is 12.1 Å². The number of para-hydroxylation sites is 1. The summed E-state index contributed by atoms with van der Waals surface area (Å²) in [5.74, 6) is -1.31. The number of halogens is 1. The zero-order chi connectivity index (χ0) is 21.0. The molecule has 0 radical (unpaired) electrons. The summed E-state index contributed by atoms with van der Waals surface area (Å²) < 4.78 is 19.2. The van der Waals surface area contributed by atoms with Gasteiger partial charge in [0.2, 0.25) is 5.91 Å². The number of nitrogens with one attached hydrogen (secondary N) is 1. The van der Waals surface area contributed by atoms with Gasteiger partial charge in [0.1, 0.15) is 18.2 Å². The molecule has 148 valence electrons. The fourth-order valence-corrected chi connectivity index (χ4v) is 2.81. The predicted octanol–water partition coefficient (Wildman–Crippen LogP) is 2.78. The number of esters is 1. The van der Waals surface area contributed by atoms with Gasteiger partial charge in [0.05, 0.1) is 18.4 Å². The van der Waals surface area contributed by atoms with Crippen LogP contribution in [0, 0.1) is 12.7 Å². The topological polar surface area (TPSA) is 90.3 Å². The SMILES string of the molecule is COC(=O)c1ccccc1NC(=O)Cn1c(-c2ccc(F)cc2)nc(C)cc1=O. The molecule has 8 heteroatoms. The summed E-state index contributed by atoms with van der Waals surface area (Å²) >= 11 is 0. The van der Waals surface area contributed by atoms with Crippen LogP contribution in [-0.2, 0) is 16.1 Å². The molecular weight excluding hydrogens is 377 g/mol. The van der Waals surface area contributed by atoms with Crippen LogP contribution in [0.2, 0.25) is 0 Å². The van der Waals surface area contributed by atoms with Crippen LogP contribution in [0.5, 0.6) is 0 Å². The number of nitrogens with zero attached hydrogens (tertiary/aromatic N) is 2. The molecule has 1 amide bonds. The van der Waals surface area contributed by atoms with Gasteiger partial charge in [-0.2, -0.15) is 0 Å². The van der Waals surface area contributed by atoms with Crippen LogP contribution in [0.3, 0.4) is 0 Å². The van der Waals surface area contributed by atoms with E-state index in [1.807, 2.05) is 0 Å². The third-order valence-corrected chi connectivity index (χ3v) is 4.15. The number of ether oxygens (including phenoxy) is 1. The maximum atomic E-state index is 13.3. The van der Waals surface area contributed by atoms with E-state index in [1.165, 1.54) is 48.1 Å². The van der Waals surface area contributed by atoms with Gasteiger partial charge in [-0.3, -0.25) is 14.2 Å². The van der Waals surface area contributed by atoms with Gasteiger partial charge in [-0.15, -0.1) is 0 Å². The van der Waals surface area contributed by atoms with Crippen molar-refractivity contribution in [2.24, 2.45) is 0 Å². The molecule has 0 bridgehead atoms. The van der Waals surface area contributed by atoms with Crippen molar-refractivity contribution in [2.75, 3.05) is 12.4 Å². The molecule has 0 atom stereocenters. The molecule has 1 N–H and O–H groups in total. The van der Waals surface area contributed by atoms with Crippen molar-refractivity contribution in [1.82, 2.24) is 9.55 Å². The molecule has 2 aromatic carbocycles. The summed E-state index contributed by atoms with van der Waals surface area (Å²) in [5, 5.41) is 2.62. The first kappa shape index (κ1) is 19.9. The quantitative estimate of drug-likeness (QED) is 0.671. The van der Waals surface area contributed by atoms with E-state index in [-0.39, 0.29) is 23.6 Å². The van der Waals surface area contributed by atoms with E-state index in [9.17, 15) is 18.8 Å². The maximum absolute atomic E-state index is 13.3. The fraction of sp³-hybridized carbons (Fsp3) is 0.143. The molecule has 1 heterocycles.